The molecule has 0 bridgehead atoms. The predicted octanol–water partition coefficient (Wildman–Crippen LogP) is 3.59. The SMILES string of the molecule is CC/C(=N\Nc1ccc(F)c(F)c1)c1cccnc1. The Labute approximate surface area is 110 Å². The minimum absolute atomic E-state index is 0.397. The number of rotatable bonds is 4. The molecule has 0 amide bonds. The van der Waals surface area contributed by atoms with Crippen LogP contribution in [0.1, 0.15) is 18.9 Å². The lowest BCUT2D eigenvalue weighted by Crippen LogP contribution is -2.03. The van der Waals surface area contributed by atoms with Gasteiger partial charge in [0.15, 0.2) is 11.6 Å². The second kappa shape index (κ2) is 6.04. The van der Waals surface area contributed by atoms with Crippen molar-refractivity contribution in [3.63, 3.8) is 0 Å². The van der Waals surface area contributed by atoms with Crippen LogP contribution in [0.5, 0.6) is 0 Å². The lowest BCUT2D eigenvalue weighted by atomic mass is 10.1. The highest BCUT2D eigenvalue weighted by Crippen LogP contribution is 2.13. The van der Waals surface area contributed by atoms with Crippen LogP contribution in [0.25, 0.3) is 0 Å². The molecular weight excluding hydrogens is 248 g/mol. The van der Waals surface area contributed by atoms with Crippen LogP contribution >= 0.6 is 0 Å². The minimum Gasteiger partial charge on any atom is -0.278 e. The molecule has 1 heterocycles. The van der Waals surface area contributed by atoms with Gasteiger partial charge in [-0.1, -0.05) is 13.0 Å². The second-order valence-corrected chi connectivity index (χ2v) is 3.89. The molecule has 2 aromatic rings. The number of hydrogen-bond donors (Lipinski definition) is 1. The molecule has 0 saturated carbocycles. The summed E-state index contributed by atoms with van der Waals surface area (Å²) in [5, 5.41) is 4.19. The molecule has 0 spiro atoms. The third-order valence-corrected chi connectivity index (χ3v) is 2.57. The average Bonchev–Trinajstić information content (AvgIpc) is 2.44. The van der Waals surface area contributed by atoms with Crippen LogP contribution in [-0.2, 0) is 0 Å². The Morgan fingerprint density at radius 2 is 2.11 bits per heavy atom. The van der Waals surface area contributed by atoms with Crippen molar-refractivity contribution in [2.75, 3.05) is 5.43 Å². The molecule has 3 nitrogen and oxygen atoms in total. The predicted molar refractivity (Wildman–Crippen MR) is 71.0 cm³/mol. The van der Waals surface area contributed by atoms with E-state index in [4.69, 9.17) is 0 Å². The standard InChI is InChI=1S/C14H13F2N3/c1-2-14(10-4-3-7-17-9-10)19-18-11-5-6-12(15)13(16)8-11/h3-9,18H,2H2,1H3/b19-14+. The van der Waals surface area contributed by atoms with Gasteiger partial charge >= 0.3 is 0 Å². The Morgan fingerprint density at radius 3 is 2.74 bits per heavy atom. The number of nitrogens with zero attached hydrogens (tertiary/aromatic N) is 2. The van der Waals surface area contributed by atoms with Crippen molar-refractivity contribution >= 4 is 11.4 Å². The van der Waals surface area contributed by atoms with Gasteiger partial charge in [-0.05, 0) is 24.6 Å². The Morgan fingerprint density at radius 1 is 1.26 bits per heavy atom. The van der Waals surface area contributed by atoms with E-state index in [1.54, 1.807) is 12.4 Å². The second-order valence-electron chi connectivity index (χ2n) is 3.89. The fraction of sp³-hybridized carbons (Fsp3) is 0.143. The first-order valence-corrected chi connectivity index (χ1v) is 5.88. The molecule has 0 unspecified atom stereocenters. The van der Waals surface area contributed by atoms with Gasteiger partial charge in [0.05, 0.1) is 11.4 Å². The molecule has 0 radical (unpaired) electrons. The first-order chi connectivity index (χ1) is 9.20. The van der Waals surface area contributed by atoms with E-state index >= 15 is 0 Å². The van der Waals surface area contributed by atoms with E-state index in [1.165, 1.54) is 6.07 Å². The number of hydrogen-bond acceptors (Lipinski definition) is 3. The topological polar surface area (TPSA) is 37.3 Å². The van der Waals surface area contributed by atoms with E-state index < -0.39 is 11.6 Å². The highest BCUT2D eigenvalue weighted by molar-refractivity contribution is 6.00. The molecule has 5 heteroatoms. The van der Waals surface area contributed by atoms with Crippen LogP contribution in [-0.4, -0.2) is 10.7 Å². The number of nitrogens with one attached hydrogen (secondary N) is 1. The molecule has 1 aromatic heterocycles. The van der Waals surface area contributed by atoms with E-state index in [2.05, 4.69) is 15.5 Å². The first-order valence-electron chi connectivity index (χ1n) is 5.88. The van der Waals surface area contributed by atoms with Gasteiger partial charge in [-0.3, -0.25) is 10.4 Å². The number of anilines is 1. The van der Waals surface area contributed by atoms with E-state index in [-0.39, 0.29) is 0 Å². The van der Waals surface area contributed by atoms with Gasteiger partial charge in [0.1, 0.15) is 0 Å². The van der Waals surface area contributed by atoms with E-state index in [0.717, 1.165) is 23.4 Å². The monoisotopic (exact) mass is 261 g/mol. The molecule has 0 atom stereocenters. The summed E-state index contributed by atoms with van der Waals surface area (Å²) in [4.78, 5) is 4.02. The lowest BCUT2D eigenvalue weighted by Gasteiger charge is -2.05. The van der Waals surface area contributed by atoms with Crippen molar-refractivity contribution < 1.29 is 8.78 Å². The third kappa shape index (κ3) is 3.34. The van der Waals surface area contributed by atoms with Crippen LogP contribution in [0.4, 0.5) is 14.5 Å². The number of aromatic nitrogens is 1. The molecule has 0 saturated heterocycles. The van der Waals surface area contributed by atoms with Crippen molar-refractivity contribution in [3.05, 3.63) is 59.9 Å². The van der Waals surface area contributed by atoms with E-state index in [0.29, 0.717) is 12.1 Å². The van der Waals surface area contributed by atoms with Crippen molar-refractivity contribution in [3.8, 4) is 0 Å². The Hall–Kier alpha value is -2.30. The molecule has 0 aliphatic heterocycles. The highest BCUT2D eigenvalue weighted by atomic mass is 19.2. The van der Waals surface area contributed by atoms with Crippen LogP contribution in [0.3, 0.4) is 0 Å². The average molecular weight is 261 g/mol. The van der Waals surface area contributed by atoms with E-state index in [9.17, 15) is 8.78 Å². The van der Waals surface area contributed by atoms with Crippen LogP contribution in [0.15, 0.2) is 47.8 Å². The maximum atomic E-state index is 13.0. The summed E-state index contributed by atoms with van der Waals surface area (Å²) in [6.45, 7) is 1.96. The summed E-state index contributed by atoms with van der Waals surface area (Å²) in [6, 6.07) is 7.26. The third-order valence-electron chi connectivity index (χ3n) is 2.57. The molecule has 19 heavy (non-hydrogen) atoms. The summed E-state index contributed by atoms with van der Waals surface area (Å²) < 4.78 is 25.8. The van der Waals surface area contributed by atoms with Gasteiger partial charge in [-0.15, -0.1) is 0 Å². The molecule has 98 valence electrons. The number of pyridine rings is 1. The van der Waals surface area contributed by atoms with Gasteiger partial charge in [-0.2, -0.15) is 5.10 Å². The van der Waals surface area contributed by atoms with Crippen molar-refractivity contribution in [1.29, 1.82) is 0 Å². The van der Waals surface area contributed by atoms with Crippen LogP contribution < -0.4 is 5.43 Å². The summed E-state index contributed by atoms with van der Waals surface area (Å²) in [7, 11) is 0. The van der Waals surface area contributed by atoms with Crippen molar-refractivity contribution in [1.82, 2.24) is 4.98 Å². The molecule has 2 rings (SSSR count). The zero-order valence-corrected chi connectivity index (χ0v) is 10.4. The molecule has 0 fully saturated rings. The molecule has 1 aromatic carbocycles. The normalized spacial score (nSPS) is 11.4. The molecule has 0 aliphatic carbocycles. The quantitative estimate of drug-likeness (QED) is 0.674. The van der Waals surface area contributed by atoms with Gasteiger partial charge in [0, 0.05) is 24.0 Å². The maximum absolute atomic E-state index is 13.0. The van der Waals surface area contributed by atoms with Crippen LogP contribution in [0.2, 0.25) is 0 Å². The van der Waals surface area contributed by atoms with Crippen molar-refractivity contribution in [2.45, 2.75) is 13.3 Å². The fourth-order valence-electron chi connectivity index (χ4n) is 1.58. The maximum Gasteiger partial charge on any atom is 0.160 e. The largest absolute Gasteiger partial charge is 0.278 e. The summed E-state index contributed by atoms with van der Waals surface area (Å²) in [5.41, 5.74) is 4.79. The smallest absolute Gasteiger partial charge is 0.160 e. The number of halogens is 2. The number of benzene rings is 1. The highest BCUT2D eigenvalue weighted by Gasteiger charge is 2.03. The lowest BCUT2D eigenvalue weighted by molar-refractivity contribution is 0.509. The van der Waals surface area contributed by atoms with Crippen molar-refractivity contribution in [2.24, 2.45) is 5.10 Å². The Kier molecular flexibility index (Phi) is 4.18. The summed E-state index contributed by atoms with van der Waals surface area (Å²) in [6.07, 6.45) is 4.08. The summed E-state index contributed by atoms with van der Waals surface area (Å²) in [5.74, 6) is -1.78. The van der Waals surface area contributed by atoms with Crippen LogP contribution in [0, 0.1) is 11.6 Å². The Bertz CT molecular complexity index is 582. The molecular formula is C14H13F2N3. The summed E-state index contributed by atoms with van der Waals surface area (Å²) >= 11 is 0. The minimum atomic E-state index is -0.903. The zero-order valence-electron chi connectivity index (χ0n) is 10.4. The van der Waals surface area contributed by atoms with Gasteiger partial charge in [0.2, 0.25) is 0 Å². The fourth-order valence-corrected chi connectivity index (χ4v) is 1.58. The zero-order chi connectivity index (χ0) is 13.7. The molecule has 1 N–H and O–H groups in total. The molecule has 0 aliphatic rings. The Balaban J connectivity index is 2.18. The number of hydrazone groups is 1. The van der Waals surface area contributed by atoms with E-state index in [1.807, 2.05) is 19.1 Å². The van der Waals surface area contributed by atoms with Gasteiger partial charge in [0.25, 0.3) is 0 Å². The van der Waals surface area contributed by atoms with Gasteiger partial charge < -0.3 is 0 Å². The first kappa shape index (κ1) is 13.1. The van der Waals surface area contributed by atoms with Gasteiger partial charge in [-0.25, -0.2) is 8.78 Å².